The number of anilines is 1. The van der Waals surface area contributed by atoms with E-state index in [9.17, 15) is 0 Å². The molecule has 0 radical (unpaired) electrons. The van der Waals surface area contributed by atoms with E-state index < -0.39 is 0 Å². The Morgan fingerprint density at radius 2 is 1.96 bits per heavy atom. The number of nitrogens with zero attached hydrogens (tertiary/aromatic N) is 7. The van der Waals surface area contributed by atoms with E-state index in [1.807, 2.05) is 10.6 Å². The zero-order valence-corrected chi connectivity index (χ0v) is 17.6. The van der Waals surface area contributed by atoms with E-state index in [2.05, 4.69) is 58.8 Å². The summed E-state index contributed by atoms with van der Waals surface area (Å²) in [6, 6.07) is 4.66. The lowest BCUT2D eigenvalue weighted by molar-refractivity contribution is 0.134. The van der Waals surface area contributed by atoms with Gasteiger partial charge < -0.3 is 9.64 Å². The third-order valence-electron chi connectivity index (χ3n) is 5.81. The minimum absolute atomic E-state index is 0.0822. The molecule has 0 bridgehead atoms. The summed E-state index contributed by atoms with van der Waals surface area (Å²) in [6.07, 6.45) is 1.15. The fraction of sp³-hybridized carbons (Fsp3) is 0.750. The van der Waals surface area contributed by atoms with Crippen molar-refractivity contribution in [3.05, 3.63) is 18.0 Å². The van der Waals surface area contributed by atoms with Crippen LogP contribution >= 0.6 is 0 Å². The molecule has 2 fully saturated rings. The van der Waals surface area contributed by atoms with Crippen LogP contribution < -0.4 is 4.90 Å². The molecular weight excluding hydrogens is 354 g/mol. The minimum atomic E-state index is -0.0822. The Hall–Kier alpha value is -1.77. The lowest BCUT2D eigenvalue weighted by Gasteiger charge is -2.45. The third-order valence-corrected chi connectivity index (χ3v) is 5.81. The Balaban J connectivity index is 1.33. The quantitative estimate of drug-likeness (QED) is 0.765. The van der Waals surface area contributed by atoms with Crippen LogP contribution in [0.1, 0.15) is 33.0 Å². The Labute approximate surface area is 167 Å². The van der Waals surface area contributed by atoms with Gasteiger partial charge in [0.1, 0.15) is 5.82 Å². The molecule has 0 unspecified atom stereocenters. The van der Waals surface area contributed by atoms with Gasteiger partial charge in [-0.2, -0.15) is 4.52 Å². The molecule has 154 valence electrons. The van der Waals surface area contributed by atoms with Crippen LogP contribution in [0.15, 0.2) is 12.1 Å². The standard InChI is InChI=1S/C20H33N7O/c1-20(2,3)19-22-21-17-6-7-18(23-27(17)19)26-14-16(15-26)24(4)9-10-25-8-5-12-28-13-11-25/h6-7,16H,5,8-15H2,1-4H3. The molecule has 4 rings (SSSR count). The van der Waals surface area contributed by atoms with E-state index in [0.717, 1.165) is 76.2 Å². The first kappa shape index (κ1) is 19.5. The average Bonchev–Trinajstić information content (AvgIpc) is 2.87. The van der Waals surface area contributed by atoms with Gasteiger partial charge in [-0.15, -0.1) is 15.3 Å². The Bertz CT molecular complexity index is 785. The van der Waals surface area contributed by atoms with Crippen molar-refractivity contribution in [2.75, 3.05) is 64.4 Å². The largest absolute Gasteiger partial charge is 0.380 e. The van der Waals surface area contributed by atoms with Gasteiger partial charge >= 0.3 is 0 Å². The first-order valence-corrected chi connectivity index (χ1v) is 10.4. The highest BCUT2D eigenvalue weighted by Gasteiger charge is 2.31. The predicted octanol–water partition coefficient (Wildman–Crippen LogP) is 1.26. The molecule has 4 heterocycles. The van der Waals surface area contributed by atoms with Crippen molar-refractivity contribution < 1.29 is 4.74 Å². The fourth-order valence-electron chi connectivity index (χ4n) is 3.84. The van der Waals surface area contributed by atoms with Crippen molar-refractivity contribution in [2.24, 2.45) is 0 Å². The van der Waals surface area contributed by atoms with Gasteiger partial charge in [-0.05, 0) is 25.6 Å². The summed E-state index contributed by atoms with van der Waals surface area (Å²) in [5.41, 5.74) is 0.727. The molecule has 0 N–H and O–H groups in total. The molecule has 0 saturated carbocycles. The Kier molecular flexibility index (Phi) is 5.53. The van der Waals surface area contributed by atoms with Crippen molar-refractivity contribution in [1.29, 1.82) is 0 Å². The van der Waals surface area contributed by atoms with E-state index in [1.54, 1.807) is 0 Å². The van der Waals surface area contributed by atoms with Gasteiger partial charge in [0, 0.05) is 57.3 Å². The second-order valence-electron chi connectivity index (χ2n) is 9.08. The molecule has 2 aromatic heterocycles. The topological polar surface area (TPSA) is 62.0 Å². The summed E-state index contributed by atoms with van der Waals surface area (Å²) >= 11 is 0. The van der Waals surface area contributed by atoms with Gasteiger partial charge in [0.25, 0.3) is 0 Å². The molecule has 2 aliphatic rings. The molecular formula is C20H33N7O. The van der Waals surface area contributed by atoms with Crippen molar-refractivity contribution in [1.82, 2.24) is 29.6 Å². The lowest BCUT2D eigenvalue weighted by atomic mass is 9.96. The molecule has 8 nitrogen and oxygen atoms in total. The van der Waals surface area contributed by atoms with E-state index in [0.29, 0.717) is 6.04 Å². The average molecular weight is 388 g/mol. The van der Waals surface area contributed by atoms with E-state index in [4.69, 9.17) is 9.84 Å². The van der Waals surface area contributed by atoms with Crippen molar-refractivity contribution in [2.45, 2.75) is 38.6 Å². The first-order chi connectivity index (χ1) is 13.4. The number of hydrogen-bond acceptors (Lipinski definition) is 7. The van der Waals surface area contributed by atoms with Gasteiger partial charge in [0.2, 0.25) is 0 Å². The number of ether oxygens (including phenoxy) is 1. The molecule has 0 aliphatic carbocycles. The highest BCUT2D eigenvalue weighted by Crippen LogP contribution is 2.24. The molecule has 2 aromatic rings. The molecule has 0 aromatic carbocycles. The molecule has 28 heavy (non-hydrogen) atoms. The lowest BCUT2D eigenvalue weighted by Crippen LogP contribution is -2.59. The number of aromatic nitrogens is 4. The number of likely N-dealkylation sites (N-methyl/N-ethyl adjacent to an activating group) is 1. The van der Waals surface area contributed by atoms with E-state index >= 15 is 0 Å². The van der Waals surface area contributed by atoms with Crippen LogP contribution in [-0.2, 0) is 10.2 Å². The summed E-state index contributed by atoms with van der Waals surface area (Å²) in [5, 5.41) is 13.4. The van der Waals surface area contributed by atoms with Crippen LogP contribution in [0.5, 0.6) is 0 Å². The zero-order valence-electron chi connectivity index (χ0n) is 17.6. The molecule has 0 spiro atoms. The highest BCUT2D eigenvalue weighted by molar-refractivity contribution is 5.48. The van der Waals surface area contributed by atoms with Crippen molar-refractivity contribution in [3.63, 3.8) is 0 Å². The van der Waals surface area contributed by atoms with Gasteiger partial charge in [0.15, 0.2) is 11.5 Å². The molecule has 2 saturated heterocycles. The summed E-state index contributed by atoms with van der Waals surface area (Å²) in [7, 11) is 2.24. The molecule has 0 atom stereocenters. The second-order valence-corrected chi connectivity index (χ2v) is 9.08. The number of hydrogen-bond donors (Lipinski definition) is 0. The van der Waals surface area contributed by atoms with Crippen molar-refractivity contribution in [3.8, 4) is 0 Å². The summed E-state index contributed by atoms with van der Waals surface area (Å²) in [5.74, 6) is 1.91. The van der Waals surface area contributed by atoms with Crippen LogP contribution in [-0.4, -0.2) is 95.2 Å². The zero-order chi connectivity index (χ0) is 19.7. The van der Waals surface area contributed by atoms with Crippen LogP contribution in [0.3, 0.4) is 0 Å². The first-order valence-electron chi connectivity index (χ1n) is 10.4. The maximum Gasteiger partial charge on any atom is 0.178 e. The molecule has 8 heteroatoms. The van der Waals surface area contributed by atoms with Gasteiger partial charge in [0.05, 0.1) is 6.61 Å². The highest BCUT2D eigenvalue weighted by atomic mass is 16.5. The molecule has 2 aliphatic heterocycles. The Morgan fingerprint density at radius 3 is 2.75 bits per heavy atom. The fourth-order valence-corrected chi connectivity index (χ4v) is 3.84. The normalized spacial score (nSPS) is 20.0. The van der Waals surface area contributed by atoms with Gasteiger partial charge in [-0.25, -0.2) is 0 Å². The maximum atomic E-state index is 5.55. The Morgan fingerprint density at radius 1 is 1.14 bits per heavy atom. The van der Waals surface area contributed by atoms with Crippen LogP contribution in [0.25, 0.3) is 5.65 Å². The summed E-state index contributed by atoms with van der Waals surface area (Å²) in [6.45, 7) is 14.7. The SMILES string of the molecule is CN(CCN1CCCOCC1)C1CN(c2ccc3nnc(C(C)(C)C)n3n2)C1. The van der Waals surface area contributed by atoms with Gasteiger partial charge in [-0.1, -0.05) is 20.8 Å². The molecule has 0 amide bonds. The van der Waals surface area contributed by atoms with Crippen molar-refractivity contribution >= 4 is 11.5 Å². The van der Waals surface area contributed by atoms with Crippen LogP contribution in [0, 0.1) is 0 Å². The van der Waals surface area contributed by atoms with E-state index in [-0.39, 0.29) is 5.41 Å². The predicted molar refractivity (Wildman–Crippen MR) is 110 cm³/mol. The van der Waals surface area contributed by atoms with Gasteiger partial charge in [-0.3, -0.25) is 9.80 Å². The van der Waals surface area contributed by atoms with E-state index in [1.165, 1.54) is 0 Å². The maximum absolute atomic E-state index is 5.55. The van der Waals surface area contributed by atoms with Crippen LogP contribution in [0.2, 0.25) is 0 Å². The minimum Gasteiger partial charge on any atom is -0.380 e. The number of rotatable bonds is 5. The summed E-state index contributed by atoms with van der Waals surface area (Å²) in [4.78, 5) is 7.35. The second kappa shape index (κ2) is 7.93. The summed E-state index contributed by atoms with van der Waals surface area (Å²) < 4.78 is 7.45. The monoisotopic (exact) mass is 387 g/mol. The smallest absolute Gasteiger partial charge is 0.178 e. The number of fused-ring (bicyclic) bond motifs is 1. The third kappa shape index (κ3) is 4.14. The van der Waals surface area contributed by atoms with Crippen LogP contribution in [0.4, 0.5) is 5.82 Å².